The molecule has 4 unspecified atom stereocenters. The van der Waals surface area contributed by atoms with E-state index in [-0.39, 0.29) is 12.8 Å². The van der Waals surface area contributed by atoms with Gasteiger partial charge < -0.3 is 41.9 Å². The molecular formula is C19H26N8O7. The Balaban J connectivity index is 2.14. The summed E-state index contributed by atoms with van der Waals surface area (Å²) < 4.78 is 0. The molecule has 0 saturated carbocycles. The lowest BCUT2D eigenvalue weighted by molar-refractivity contribution is -0.143. The fraction of sp³-hybridized carbons (Fsp3) is 0.421. The van der Waals surface area contributed by atoms with Crippen molar-refractivity contribution in [3.8, 4) is 0 Å². The lowest BCUT2D eigenvalue weighted by atomic mass is 10.1. The Morgan fingerprint density at radius 3 is 1.91 bits per heavy atom. The Morgan fingerprint density at radius 2 is 1.41 bits per heavy atom. The Morgan fingerprint density at radius 1 is 0.882 bits per heavy atom. The van der Waals surface area contributed by atoms with Crippen molar-refractivity contribution >= 4 is 29.7 Å². The highest BCUT2D eigenvalue weighted by Crippen LogP contribution is 2.04. The van der Waals surface area contributed by atoms with E-state index in [0.717, 1.165) is 0 Å². The van der Waals surface area contributed by atoms with E-state index in [1.54, 1.807) is 0 Å². The molecule has 2 heterocycles. The van der Waals surface area contributed by atoms with Crippen LogP contribution in [0.25, 0.3) is 0 Å². The van der Waals surface area contributed by atoms with Gasteiger partial charge in [0.25, 0.3) is 0 Å². The number of carbonyl (C=O) groups excluding carboxylic acids is 3. The minimum atomic E-state index is -1.59. The molecule has 0 aliphatic rings. The number of aromatic amines is 2. The number of aliphatic carboxylic acids is 2. The van der Waals surface area contributed by atoms with Crippen LogP contribution in [0.15, 0.2) is 25.0 Å². The van der Waals surface area contributed by atoms with E-state index in [4.69, 9.17) is 15.9 Å². The van der Waals surface area contributed by atoms with Gasteiger partial charge in [0, 0.05) is 36.6 Å². The number of hydrogen-bond donors (Lipinski definition) is 8. The first-order valence-electron chi connectivity index (χ1n) is 10.1. The van der Waals surface area contributed by atoms with Gasteiger partial charge in [-0.25, -0.2) is 9.97 Å². The third-order valence-corrected chi connectivity index (χ3v) is 4.68. The molecule has 2 aromatic rings. The zero-order chi connectivity index (χ0) is 25.3. The van der Waals surface area contributed by atoms with E-state index in [1.165, 1.54) is 32.0 Å². The van der Waals surface area contributed by atoms with Crippen LogP contribution in [0.4, 0.5) is 0 Å². The molecule has 0 bridgehead atoms. The zero-order valence-corrected chi connectivity index (χ0v) is 18.1. The van der Waals surface area contributed by atoms with Gasteiger partial charge in [0.05, 0.1) is 25.1 Å². The highest BCUT2D eigenvalue weighted by Gasteiger charge is 2.31. The summed E-state index contributed by atoms with van der Waals surface area (Å²) in [5.41, 5.74) is 6.99. The van der Waals surface area contributed by atoms with Crippen LogP contribution in [0.2, 0.25) is 0 Å². The number of carboxylic acids is 2. The first-order chi connectivity index (χ1) is 16.1. The van der Waals surface area contributed by atoms with Gasteiger partial charge in [-0.2, -0.15) is 0 Å². The van der Waals surface area contributed by atoms with E-state index < -0.39 is 60.2 Å². The van der Waals surface area contributed by atoms with Crippen molar-refractivity contribution in [3.63, 3.8) is 0 Å². The summed E-state index contributed by atoms with van der Waals surface area (Å²) in [6.07, 6.45) is 4.94. The normalized spacial score (nSPS) is 14.3. The van der Waals surface area contributed by atoms with Crippen molar-refractivity contribution in [3.05, 3.63) is 36.4 Å². The molecule has 4 atom stereocenters. The molecule has 0 fully saturated rings. The molecule has 15 heteroatoms. The number of nitrogens with zero attached hydrogens (tertiary/aromatic N) is 2. The second-order valence-electron chi connectivity index (χ2n) is 7.46. The van der Waals surface area contributed by atoms with Crippen LogP contribution < -0.4 is 21.7 Å². The Hall–Kier alpha value is -4.27. The first kappa shape index (κ1) is 26.0. The highest BCUT2D eigenvalue weighted by molar-refractivity contribution is 5.95. The predicted molar refractivity (Wildman–Crippen MR) is 114 cm³/mol. The third kappa shape index (κ3) is 8.01. The summed E-state index contributed by atoms with van der Waals surface area (Å²) >= 11 is 0. The monoisotopic (exact) mass is 478 g/mol. The number of aromatic nitrogens is 4. The standard InChI is InChI=1S/C19H26N8O7/c1-9(19(33)34)25-17(31)14(4-15(28)29)27-18(32)13(3-11-6-22-8-24-11)26-16(30)12(20)2-10-5-21-7-23-10/h5-9,12-14H,2-4,20H2,1H3,(H,21,23)(H,22,24)(H,25,31)(H,26,30)(H,27,32)(H,28,29)(H,33,34). The number of hydrogen-bond acceptors (Lipinski definition) is 8. The average Bonchev–Trinajstić information content (AvgIpc) is 3.46. The minimum absolute atomic E-state index is 0.0682. The SMILES string of the molecule is CC(NC(=O)C(CC(=O)O)NC(=O)C(Cc1cnc[nH]1)NC(=O)C(N)Cc1cnc[nH]1)C(=O)O. The van der Waals surface area contributed by atoms with Gasteiger partial charge in [-0.3, -0.25) is 24.0 Å². The fourth-order valence-electron chi connectivity index (χ4n) is 2.86. The molecule has 0 aliphatic heterocycles. The summed E-state index contributed by atoms with van der Waals surface area (Å²) in [6.45, 7) is 1.18. The molecule has 9 N–H and O–H groups in total. The predicted octanol–water partition coefficient (Wildman–Crippen LogP) is -2.72. The molecule has 34 heavy (non-hydrogen) atoms. The summed E-state index contributed by atoms with van der Waals surface area (Å²) in [5.74, 6) is -5.30. The summed E-state index contributed by atoms with van der Waals surface area (Å²) in [7, 11) is 0. The van der Waals surface area contributed by atoms with Crippen molar-refractivity contribution in [1.82, 2.24) is 35.9 Å². The molecule has 0 saturated heterocycles. The number of amides is 3. The van der Waals surface area contributed by atoms with Crippen LogP contribution in [0.1, 0.15) is 24.7 Å². The number of nitrogens with one attached hydrogen (secondary N) is 5. The number of imidazole rings is 2. The lowest BCUT2D eigenvalue weighted by Gasteiger charge is -2.24. The Kier molecular flexibility index (Phi) is 9.25. The topological polar surface area (TPSA) is 245 Å². The summed E-state index contributed by atoms with van der Waals surface area (Å²) in [6, 6.07) is -5.19. The third-order valence-electron chi connectivity index (χ3n) is 4.68. The molecule has 2 rings (SSSR count). The van der Waals surface area contributed by atoms with Gasteiger partial charge in [-0.05, 0) is 6.92 Å². The van der Waals surface area contributed by atoms with Crippen molar-refractivity contribution in [2.24, 2.45) is 5.73 Å². The molecule has 0 radical (unpaired) electrons. The van der Waals surface area contributed by atoms with Crippen LogP contribution in [-0.4, -0.2) is 84.0 Å². The maximum Gasteiger partial charge on any atom is 0.325 e. The Labute approximate surface area is 192 Å². The highest BCUT2D eigenvalue weighted by atomic mass is 16.4. The largest absolute Gasteiger partial charge is 0.481 e. The number of H-pyrrole nitrogens is 2. The smallest absolute Gasteiger partial charge is 0.325 e. The molecule has 2 aromatic heterocycles. The van der Waals surface area contributed by atoms with E-state index in [9.17, 15) is 24.0 Å². The molecule has 3 amide bonds. The number of rotatable bonds is 13. The van der Waals surface area contributed by atoms with Crippen LogP contribution in [0.5, 0.6) is 0 Å². The zero-order valence-electron chi connectivity index (χ0n) is 18.1. The molecule has 0 spiro atoms. The van der Waals surface area contributed by atoms with E-state index in [0.29, 0.717) is 11.4 Å². The molecule has 184 valence electrons. The average molecular weight is 478 g/mol. The van der Waals surface area contributed by atoms with E-state index in [1.807, 2.05) is 0 Å². The van der Waals surface area contributed by atoms with Crippen LogP contribution >= 0.6 is 0 Å². The molecule has 0 aromatic carbocycles. The van der Waals surface area contributed by atoms with Crippen molar-refractivity contribution < 1.29 is 34.2 Å². The van der Waals surface area contributed by atoms with Crippen molar-refractivity contribution in [1.29, 1.82) is 0 Å². The van der Waals surface area contributed by atoms with Gasteiger partial charge in [0.2, 0.25) is 17.7 Å². The summed E-state index contributed by atoms with van der Waals surface area (Å²) in [5, 5.41) is 24.9. The molecular weight excluding hydrogens is 452 g/mol. The van der Waals surface area contributed by atoms with Gasteiger partial charge >= 0.3 is 11.9 Å². The maximum atomic E-state index is 13.0. The van der Waals surface area contributed by atoms with Crippen molar-refractivity contribution in [2.75, 3.05) is 0 Å². The number of nitrogens with two attached hydrogens (primary N) is 1. The van der Waals surface area contributed by atoms with Gasteiger partial charge in [0.15, 0.2) is 0 Å². The van der Waals surface area contributed by atoms with Crippen LogP contribution in [0, 0.1) is 0 Å². The summed E-state index contributed by atoms with van der Waals surface area (Å²) in [4.78, 5) is 73.4. The fourth-order valence-corrected chi connectivity index (χ4v) is 2.86. The maximum absolute atomic E-state index is 13.0. The van der Waals surface area contributed by atoms with Crippen molar-refractivity contribution in [2.45, 2.75) is 50.4 Å². The second kappa shape index (κ2) is 12.1. The minimum Gasteiger partial charge on any atom is -0.481 e. The second-order valence-corrected chi connectivity index (χ2v) is 7.46. The van der Waals surface area contributed by atoms with E-state index in [2.05, 4.69) is 35.9 Å². The number of carboxylic acid groups (broad SMARTS) is 2. The van der Waals surface area contributed by atoms with Crippen LogP contribution in [0.3, 0.4) is 0 Å². The van der Waals surface area contributed by atoms with Gasteiger partial charge in [0.1, 0.15) is 18.1 Å². The molecule has 15 nitrogen and oxygen atoms in total. The molecule has 0 aliphatic carbocycles. The van der Waals surface area contributed by atoms with Crippen LogP contribution in [-0.2, 0) is 36.8 Å². The van der Waals surface area contributed by atoms with Gasteiger partial charge in [-0.1, -0.05) is 0 Å². The number of carbonyl (C=O) groups is 5. The lowest BCUT2D eigenvalue weighted by Crippen LogP contribution is -2.58. The van der Waals surface area contributed by atoms with E-state index >= 15 is 0 Å². The quantitative estimate of drug-likeness (QED) is 0.148. The first-order valence-corrected chi connectivity index (χ1v) is 10.1. The van der Waals surface area contributed by atoms with Gasteiger partial charge in [-0.15, -0.1) is 0 Å². The Bertz CT molecular complexity index is 992.